The normalized spacial score (nSPS) is 23.2. The summed E-state index contributed by atoms with van der Waals surface area (Å²) in [6.45, 7) is 3.39. The minimum atomic E-state index is -0.936. The van der Waals surface area contributed by atoms with Crippen LogP contribution in [0.5, 0.6) is 0 Å². The molecule has 0 saturated carbocycles. The third-order valence-corrected chi connectivity index (χ3v) is 4.95. The summed E-state index contributed by atoms with van der Waals surface area (Å²) in [7, 11) is 0. The molecule has 1 unspecified atom stereocenters. The number of urea groups is 1. The van der Waals surface area contributed by atoms with E-state index in [0.29, 0.717) is 37.2 Å². The zero-order valence-corrected chi connectivity index (χ0v) is 12.9. The Morgan fingerprint density at radius 3 is 2.52 bits per heavy atom. The molecule has 0 aliphatic carbocycles. The van der Waals surface area contributed by atoms with E-state index in [1.807, 2.05) is 0 Å². The molecule has 2 heterocycles. The first kappa shape index (κ1) is 15.9. The first-order valence-electron chi connectivity index (χ1n) is 7.09. The molecule has 2 rings (SSSR count). The van der Waals surface area contributed by atoms with Gasteiger partial charge in [0.05, 0.1) is 5.88 Å². The van der Waals surface area contributed by atoms with Gasteiger partial charge in [-0.05, 0) is 18.8 Å². The van der Waals surface area contributed by atoms with Crippen molar-refractivity contribution in [3.05, 3.63) is 0 Å². The molecular formula is C13H21N3O4S. The number of hydrogen-bond acceptors (Lipinski definition) is 4. The predicted molar refractivity (Wildman–Crippen MR) is 79.0 cm³/mol. The van der Waals surface area contributed by atoms with Crippen molar-refractivity contribution in [1.82, 2.24) is 15.1 Å². The average molecular weight is 315 g/mol. The van der Waals surface area contributed by atoms with E-state index in [1.54, 1.807) is 4.90 Å². The van der Waals surface area contributed by atoms with Crippen molar-refractivity contribution < 1.29 is 19.5 Å². The molecule has 1 atom stereocenters. The summed E-state index contributed by atoms with van der Waals surface area (Å²) in [4.78, 5) is 37.6. The van der Waals surface area contributed by atoms with Crippen LogP contribution >= 0.6 is 11.8 Å². The van der Waals surface area contributed by atoms with Crippen LogP contribution in [-0.2, 0) is 9.59 Å². The summed E-state index contributed by atoms with van der Waals surface area (Å²) >= 11 is 1.47. The summed E-state index contributed by atoms with van der Waals surface area (Å²) in [5.41, 5.74) is 0. The lowest BCUT2D eigenvalue weighted by molar-refractivity contribution is -0.141. The topological polar surface area (TPSA) is 90.0 Å². The van der Waals surface area contributed by atoms with Crippen LogP contribution in [0.4, 0.5) is 4.79 Å². The fourth-order valence-corrected chi connectivity index (χ4v) is 3.77. The van der Waals surface area contributed by atoms with Gasteiger partial charge < -0.3 is 20.2 Å². The molecule has 3 amide bonds. The number of rotatable bonds is 3. The van der Waals surface area contributed by atoms with E-state index in [9.17, 15) is 14.4 Å². The fourth-order valence-electron chi connectivity index (χ4n) is 2.63. The lowest BCUT2D eigenvalue weighted by Crippen LogP contribution is -2.51. The van der Waals surface area contributed by atoms with Crippen LogP contribution in [0.2, 0.25) is 0 Å². The van der Waals surface area contributed by atoms with Crippen LogP contribution in [0.15, 0.2) is 0 Å². The van der Waals surface area contributed by atoms with Crippen LogP contribution in [0, 0.1) is 5.92 Å². The molecule has 2 aliphatic rings. The zero-order chi connectivity index (χ0) is 15.4. The largest absolute Gasteiger partial charge is 0.480 e. The molecule has 0 aromatic carbocycles. The summed E-state index contributed by atoms with van der Waals surface area (Å²) in [6.07, 6.45) is 1.68. The lowest BCUT2D eigenvalue weighted by Gasteiger charge is -2.35. The number of hydrogen-bond donors (Lipinski definition) is 2. The van der Waals surface area contributed by atoms with E-state index >= 15 is 0 Å². The maximum Gasteiger partial charge on any atom is 0.327 e. The van der Waals surface area contributed by atoms with Crippen LogP contribution < -0.4 is 5.32 Å². The molecule has 0 bridgehead atoms. The van der Waals surface area contributed by atoms with Crippen LogP contribution in [0.1, 0.15) is 19.8 Å². The molecule has 0 radical (unpaired) electrons. The highest BCUT2D eigenvalue weighted by molar-refractivity contribution is 7.99. The van der Waals surface area contributed by atoms with Gasteiger partial charge in [0.2, 0.25) is 5.91 Å². The standard InChI is InChI=1S/C13H21N3O4S/c1-9(17)14-6-10-2-4-15(5-3-10)13(20)16-8-21-7-11(16)12(18)19/h10-11H,2-8H2,1H3,(H,14,17)(H,18,19). The number of nitrogens with zero attached hydrogens (tertiary/aromatic N) is 2. The van der Waals surface area contributed by atoms with Crippen LogP contribution in [-0.4, -0.2) is 70.1 Å². The number of carbonyl (C=O) groups is 3. The minimum Gasteiger partial charge on any atom is -0.480 e. The smallest absolute Gasteiger partial charge is 0.327 e. The van der Waals surface area contributed by atoms with Gasteiger partial charge in [-0.2, -0.15) is 0 Å². The van der Waals surface area contributed by atoms with E-state index in [1.165, 1.54) is 23.6 Å². The van der Waals surface area contributed by atoms with Crippen molar-refractivity contribution in [1.29, 1.82) is 0 Å². The molecule has 7 nitrogen and oxygen atoms in total. The molecule has 8 heteroatoms. The van der Waals surface area contributed by atoms with Crippen LogP contribution in [0.3, 0.4) is 0 Å². The average Bonchev–Trinajstić information content (AvgIpc) is 2.94. The van der Waals surface area contributed by atoms with Gasteiger partial charge >= 0.3 is 12.0 Å². The third kappa shape index (κ3) is 4.03. The number of aliphatic carboxylic acids is 1. The maximum absolute atomic E-state index is 12.4. The summed E-state index contributed by atoms with van der Waals surface area (Å²) in [6, 6.07) is -0.884. The Kier molecular flexibility index (Phi) is 5.33. The molecule has 0 aromatic rings. The van der Waals surface area contributed by atoms with Gasteiger partial charge in [0, 0.05) is 32.3 Å². The van der Waals surface area contributed by atoms with E-state index in [2.05, 4.69) is 5.32 Å². The van der Waals surface area contributed by atoms with E-state index in [4.69, 9.17) is 5.11 Å². The molecule has 2 N–H and O–H groups in total. The number of thioether (sulfide) groups is 1. The van der Waals surface area contributed by atoms with Gasteiger partial charge in [-0.25, -0.2) is 9.59 Å². The Hall–Kier alpha value is -1.44. The molecule has 21 heavy (non-hydrogen) atoms. The van der Waals surface area contributed by atoms with Gasteiger partial charge in [0.1, 0.15) is 6.04 Å². The SMILES string of the molecule is CC(=O)NCC1CCN(C(=O)N2CSCC2C(=O)O)CC1. The van der Waals surface area contributed by atoms with Crippen molar-refractivity contribution in [2.24, 2.45) is 5.92 Å². The maximum atomic E-state index is 12.4. The molecule has 0 aromatic heterocycles. The van der Waals surface area contributed by atoms with Crippen molar-refractivity contribution in [3.8, 4) is 0 Å². The Bertz CT molecular complexity index is 424. The second-order valence-electron chi connectivity index (χ2n) is 5.47. The minimum absolute atomic E-state index is 0.0353. The molecular weight excluding hydrogens is 294 g/mol. The summed E-state index contributed by atoms with van der Waals surface area (Å²) in [5.74, 6) is 0.323. The number of carboxylic acid groups (broad SMARTS) is 1. The number of piperidine rings is 1. The summed E-state index contributed by atoms with van der Waals surface area (Å²) < 4.78 is 0. The van der Waals surface area contributed by atoms with Gasteiger partial charge in [-0.1, -0.05) is 0 Å². The van der Waals surface area contributed by atoms with E-state index in [-0.39, 0.29) is 11.9 Å². The predicted octanol–water partition coefficient (Wildman–Crippen LogP) is 0.414. The number of likely N-dealkylation sites (tertiary alicyclic amines) is 1. The van der Waals surface area contributed by atoms with Gasteiger partial charge in [0.25, 0.3) is 0 Å². The summed E-state index contributed by atoms with van der Waals surface area (Å²) in [5, 5.41) is 11.9. The van der Waals surface area contributed by atoms with Crippen molar-refractivity contribution >= 4 is 29.7 Å². The Labute approximate surface area is 128 Å². The van der Waals surface area contributed by atoms with Crippen LogP contribution in [0.25, 0.3) is 0 Å². The fraction of sp³-hybridized carbons (Fsp3) is 0.769. The van der Waals surface area contributed by atoms with E-state index in [0.717, 1.165) is 12.8 Å². The first-order valence-corrected chi connectivity index (χ1v) is 8.25. The number of nitrogens with one attached hydrogen (secondary N) is 1. The second kappa shape index (κ2) is 7.02. The quantitative estimate of drug-likeness (QED) is 0.787. The highest BCUT2D eigenvalue weighted by atomic mass is 32.2. The zero-order valence-electron chi connectivity index (χ0n) is 12.1. The monoisotopic (exact) mass is 315 g/mol. The Morgan fingerprint density at radius 1 is 1.29 bits per heavy atom. The van der Waals surface area contributed by atoms with Gasteiger partial charge in [-0.3, -0.25) is 4.79 Å². The number of carbonyl (C=O) groups excluding carboxylic acids is 2. The molecule has 0 spiro atoms. The highest BCUT2D eigenvalue weighted by Gasteiger charge is 2.37. The molecule has 118 valence electrons. The lowest BCUT2D eigenvalue weighted by atomic mass is 9.97. The van der Waals surface area contributed by atoms with Crippen molar-refractivity contribution in [2.75, 3.05) is 31.3 Å². The molecule has 2 fully saturated rings. The molecule has 2 saturated heterocycles. The first-order chi connectivity index (χ1) is 9.99. The van der Waals surface area contributed by atoms with Gasteiger partial charge in [-0.15, -0.1) is 11.8 Å². The third-order valence-electron chi connectivity index (χ3n) is 3.94. The second-order valence-corrected chi connectivity index (χ2v) is 6.47. The van der Waals surface area contributed by atoms with Gasteiger partial charge in [0.15, 0.2) is 0 Å². The number of amides is 3. The van der Waals surface area contributed by atoms with E-state index < -0.39 is 12.0 Å². The van der Waals surface area contributed by atoms with Crippen molar-refractivity contribution in [2.45, 2.75) is 25.8 Å². The molecule has 2 aliphatic heterocycles. The Morgan fingerprint density at radius 2 is 1.95 bits per heavy atom. The number of carboxylic acids is 1. The van der Waals surface area contributed by atoms with Crippen molar-refractivity contribution in [3.63, 3.8) is 0 Å². The highest BCUT2D eigenvalue weighted by Crippen LogP contribution is 2.25. The Balaban J connectivity index is 1.83.